The first-order valence-electron chi connectivity index (χ1n) is 27.0. The van der Waals surface area contributed by atoms with Crippen LogP contribution in [0.1, 0.15) is 251 Å². The van der Waals surface area contributed by atoms with Gasteiger partial charge in [-0.1, -0.05) is 177 Å². The summed E-state index contributed by atoms with van der Waals surface area (Å²) < 4.78 is 5.66. The number of rotatable bonds is 50. The highest BCUT2D eigenvalue weighted by Crippen LogP contribution is 2.31. The molecule has 0 bridgehead atoms. The van der Waals surface area contributed by atoms with Gasteiger partial charge in [-0.25, -0.2) is 0 Å². The number of ether oxygens (including phenoxy) is 1. The highest BCUT2D eigenvalue weighted by Gasteiger charge is 2.29. The average Bonchev–Trinajstić information content (AvgIpc) is 3.29. The van der Waals surface area contributed by atoms with E-state index in [1.165, 1.54) is 51.4 Å². The lowest BCUT2D eigenvalue weighted by atomic mass is 9.80. The Balaban J connectivity index is 4.97. The summed E-state index contributed by atoms with van der Waals surface area (Å²) in [5, 5.41) is 36.9. The van der Waals surface area contributed by atoms with Gasteiger partial charge in [-0.05, 0) is 128 Å². The summed E-state index contributed by atoms with van der Waals surface area (Å²) in [7, 11) is 0. The van der Waals surface area contributed by atoms with Crippen LogP contribution in [0.3, 0.4) is 0 Å². The fourth-order valence-corrected chi connectivity index (χ4v) is 8.35. The molecule has 0 aliphatic heterocycles. The Morgan fingerprint density at radius 3 is 1.12 bits per heavy atom. The topological polar surface area (TPSA) is 141 Å². The number of carboxylic acids is 2. The zero-order valence-electron chi connectivity index (χ0n) is 41.7. The smallest absolute Gasteiger partial charge is 0.309 e. The summed E-state index contributed by atoms with van der Waals surface area (Å²) >= 11 is 0. The third kappa shape index (κ3) is 47.3. The molecule has 0 aliphatic rings. The number of aliphatic hydroxyl groups excluding tert-OH is 2. The number of carbonyl (C=O) groups excluding carboxylic acids is 1. The Bertz CT molecular complexity index is 1220. The van der Waals surface area contributed by atoms with Crippen LogP contribution in [-0.2, 0) is 19.1 Å². The zero-order valence-corrected chi connectivity index (χ0v) is 41.7. The average molecular weight is 913 g/mol. The molecule has 0 aromatic carbocycles. The van der Waals surface area contributed by atoms with Crippen LogP contribution >= 0.6 is 0 Å². The van der Waals surface area contributed by atoms with E-state index in [9.17, 15) is 24.6 Å². The highest BCUT2D eigenvalue weighted by molar-refractivity contribution is 5.72. The lowest BCUT2D eigenvalue weighted by Gasteiger charge is -2.26. The number of carboxylic acid groups (broad SMARTS) is 2. The van der Waals surface area contributed by atoms with Crippen molar-refractivity contribution in [2.45, 2.75) is 257 Å². The molecule has 0 saturated heterocycles. The molecular weight excluding hydrogens is 813 g/mol. The first-order valence-corrected chi connectivity index (χ1v) is 27.0. The monoisotopic (exact) mass is 913 g/mol. The van der Waals surface area contributed by atoms with Gasteiger partial charge in [0.05, 0.1) is 12.5 Å². The predicted octanol–water partition coefficient (Wildman–Crippen LogP) is 15.9. The second-order valence-corrected chi connectivity index (χ2v) is 18.5. The van der Waals surface area contributed by atoms with Crippen molar-refractivity contribution in [1.82, 2.24) is 0 Å². The minimum atomic E-state index is -1.05. The number of unbranched alkanes of at least 4 members (excludes halogenated alkanes) is 25. The second kappa shape index (κ2) is 50.4. The van der Waals surface area contributed by atoms with Crippen molar-refractivity contribution >= 4 is 17.9 Å². The number of hydrogen-bond donors (Lipinski definition) is 4. The van der Waals surface area contributed by atoms with Gasteiger partial charge < -0.3 is 25.2 Å². The SMILES string of the molecule is CCCCCCCC/C=C\CCCCCC(CCCCC/C=C\C/C=C\CCCCCCCC(=O)O)C(CCCCC/C=C\C/C=C\CCCCCCCC(=O)O)C(=O)OCC(O)CO. The number of aliphatic carboxylic acids is 2. The molecule has 0 amide bonds. The summed E-state index contributed by atoms with van der Waals surface area (Å²) in [5.74, 6) is -1.54. The Morgan fingerprint density at radius 1 is 0.431 bits per heavy atom. The van der Waals surface area contributed by atoms with Crippen LogP contribution in [0.2, 0.25) is 0 Å². The van der Waals surface area contributed by atoms with Crippen molar-refractivity contribution in [3.63, 3.8) is 0 Å². The first kappa shape index (κ1) is 62.0. The third-order valence-corrected chi connectivity index (χ3v) is 12.4. The fourth-order valence-electron chi connectivity index (χ4n) is 8.35. The van der Waals surface area contributed by atoms with E-state index in [0.717, 1.165) is 180 Å². The summed E-state index contributed by atoms with van der Waals surface area (Å²) in [6, 6.07) is 0. The number of carbonyl (C=O) groups is 3. The van der Waals surface area contributed by atoms with Gasteiger partial charge in [-0.3, -0.25) is 14.4 Å². The molecule has 3 atom stereocenters. The van der Waals surface area contributed by atoms with E-state index in [1.807, 2.05) is 0 Å². The number of esters is 1. The van der Waals surface area contributed by atoms with E-state index in [0.29, 0.717) is 0 Å². The quantitative estimate of drug-likeness (QED) is 0.0269. The maximum atomic E-state index is 13.7. The molecule has 376 valence electrons. The Hall–Kier alpha value is -2.97. The molecule has 0 fully saturated rings. The van der Waals surface area contributed by atoms with Crippen LogP contribution in [0.4, 0.5) is 0 Å². The Labute approximate surface area is 399 Å². The molecule has 4 N–H and O–H groups in total. The third-order valence-electron chi connectivity index (χ3n) is 12.4. The van der Waals surface area contributed by atoms with E-state index < -0.39 is 24.6 Å². The van der Waals surface area contributed by atoms with Crippen molar-refractivity contribution in [2.75, 3.05) is 13.2 Å². The Morgan fingerprint density at radius 2 is 0.754 bits per heavy atom. The van der Waals surface area contributed by atoms with E-state index in [1.54, 1.807) is 0 Å². The van der Waals surface area contributed by atoms with Crippen molar-refractivity contribution in [1.29, 1.82) is 0 Å². The maximum Gasteiger partial charge on any atom is 0.309 e. The van der Waals surface area contributed by atoms with Crippen LogP contribution in [-0.4, -0.2) is 57.7 Å². The zero-order chi connectivity index (χ0) is 47.5. The van der Waals surface area contributed by atoms with E-state index in [-0.39, 0.29) is 37.3 Å². The van der Waals surface area contributed by atoms with Gasteiger partial charge in [0, 0.05) is 12.8 Å². The highest BCUT2D eigenvalue weighted by atomic mass is 16.5. The second-order valence-electron chi connectivity index (χ2n) is 18.5. The number of hydrogen-bond acceptors (Lipinski definition) is 6. The van der Waals surface area contributed by atoms with Crippen molar-refractivity contribution in [3.05, 3.63) is 60.8 Å². The van der Waals surface area contributed by atoms with Crippen LogP contribution < -0.4 is 0 Å². The van der Waals surface area contributed by atoms with Crippen LogP contribution in [0.5, 0.6) is 0 Å². The van der Waals surface area contributed by atoms with Gasteiger partial charge in [-0.2, -0.15) is 0 Å². The normalized spacial score (nSPS) is 13.6. The fraction of sp³-hybridized carbons (Fsp3) is 0.772. The van der Waals surface area contributed by atoms with Crippen molar-refractivity contribution < 1.29 is 39.5 Å². The maximum absolute atomic E-state index is 13.7. The molecule has 0 radical (unpaired) electrons. The van der Waals surface area contributed by atoms with Crippen LogP contribution in [0.25, 0.3) is 0 Å². The standard InChI is InChI=1S/C57H100O8/c1-2-3-4-5-6-7-8-15-20-25-30-35-40-45-52(46-41-36-31-26-21-16-11-9-13-18-23-28-33-38-43-48-55(60)61)54(57(64)65-51-53(59)50-58)47-42-37-32-27-22-17-12-10-14-19-24-29-34-39-44-49-56(62)63/h9-10,13-17,20-22,52-54,58-59H,2-8,11-12,18-19,23-51H2,1H3,(H,60,61)(H,62,63)/b13-9-,14-10-,20-15-,21-16-,22-17-. The van der Waals surface area contributed by atoms with Gasteiger partial charge in [-0.15, -0.1) is 0 Å². The molecule has 8 nitrogen and oxygen atoms in total. The molecule has 3 unspecified atom stereocenters. The number of aliphatic hydroxyl groups is 2. The first-order chi connectivity index (χ1) is 31.8. The largest absolute Gasteiger partial charge is 0.481 e. The van der Waals surface area contributed by atoms with Crippen molar-refractivity contribution in [3.8, 4) is 0 Å². The summed E-state index contributed by atoms with van der Waals surface area (Å²) in [5.41, 5.74) is 0. The molecule has 0 aromatic heterocycles. The molecule has 0 heterocycles. The lowest BCUT2D eigenvalue weighted by Crippen LogP contribution is -2.30. The van der Waals surface area contributed by atoms with Gasteiger partial charge in [0.1, 0.15) is 12.7 Å². The summed E-state index contributed by atoms with van der Waals surface area (Å²) in [6.07, 6.45) is 61.9. The van der Waals surface area contributed by atoms with Gasteiger partial charge in [0.15, 0.2) is 0 Å². The summed E-state index contributed by atoms with van der Waals surface area (Å²) in [6.45, 7) is 1.69. The predicted molar refractivity (Wildman–Crippen MR) is 273 cm³/mol. The lowest BCUT2D eigenvalue weighted by molar-refractivity contribution is -0.155. The molecule has 0 rings (SSSR count). The molecule has 8 heteroatoms. The molecular formula is C57H100O8. The van der Waals surface area contributed by atoms with Gasteiger partial charge in [0.25, 0.3) is 0 Å². The van der Waals surface area contributed by atoms with Gasteiger partial charge in [0.2, 0.25) is 0 Å². The van der Waals surface area contributed by atoms with Crippen molar-refractivity contribution in [2.24, 2.45) is 11.8 Å². The van der Waals surface area contributed by atoms with E-state index in [4.69, 9.17) is 14.9 Å². The molecule has 0 aliphatic carbocycles. The Kier molecular flexibility index (Phi) is 48.1. The van der Waals surface area contributed by atoms with Crippen LogP contribution in [0, 0.1) is 11.8 Å². The van der Waals surface area contributed by atoms with Gasteiger partial charge >= 0.3 is 17.9 Å². The molecule has 0 aromatic rings. The number of allylic oxidation sites excluding steroid dienone is 10. The molecule has 65 heavy (non-hydrogen) atoms. The minimum Gasteiger partial charge on any atom is -0.481 e. The van der Waals surface area contributed by atoms with Crippen LogP contribution in [0.15, 0.2) is 60.8 Å². The molecule has 0 spiro atoms. The van der Waals surface area contributed by atoms with E-state index in [2.05, 4.69) is 67.7 Å². The summed E-state index contributed by atoms with van der Waals surface area (Å²) in [4.78, 5) is 34.9. The van der Waals surface area contributed by atoms with E-state index >= 15 is 0 Å². The molecule has 0 saturated carbocycles. The minimum absolute atomic E-state index is 0.158.